The van der Waals surface area contributed by atoms with Crippen LogP contribution in [0.2, 0.25) is 0 Å². The first kappa shape index (κ1) is 30.1. The number of benzene rings is 6. The summed E-state index contributed by atoms with van der Waals surface area (Å²) in [5, 5.41) is 8.07. The Morgan fingerprint density at radius 1 is 0.227 bits per heavy atom. The van der Waals surface area contributed by atoms with Gasteiger partial charge < -0.3 is 0 Å². The molecule has 0 saturated heterocycles. The third kappa shape index (κ3) is 4.17. The molecule has 0 saturated carbocycles. The Labute approximate surface area is 265 Å². The Morgan fingerprint density at radius 2 is 0.455 bits per heavy atom. The average Bonchev–Trinajstić information content (AvgIpc) is 2.99. The summed E-state index contributed by atoms with van der Waals surface area (Å²) < 4.78 is 0. The Balaban J connectivity index is 2.00. The van der Waals surface area contributed by atoms with Crippen LogP contribution in [-0.4, -0.2) is 0 Å². The summed E-state index contributed by atoms with van der Waals surface area (Å²) in [6.07, 6.45) is 0. The van der Waals surface area contributed by atoms with Crippen molar-refractivity contribution < 1.29 is 0 Å². The second-order valence-corrected chi connectivity index (χ2v) is 13.9. The van der Waals surface area contributed by atoms with Gasteiger partial charge in [0.2, 0.25) is 0 Å². The van der Waals surface area contributed by atoms with E-state index in [-0.39, 0.29) is 0 Å². The first-order valence-corrected chi connectivity index (χ1v) is 16.2. The third-order valence-corrected chi connectivity index (χ3v) is 11.8. The topological polar surface area (TPSA) is 0 Å². The molecule has 6 aromatic rings. The van der Waals surface area contributed by atoms with Crippen molar-refractivity contribution in [3.63, 3.8) is 0 Å². The predicted octanol–water partition coefficient (Wildman–Crippen LogP) is 12.8. The van der Waals surface area contributed by atoms with E-state index in [4.69, 9.17) is 0 Å². The van der Waals surface area contributed by atoms with Gasteiger partial charge in [-0.05, 0) is 242 Å². The summed E-state index contributed by atoms with van der Waals surface area (Å²) in [5.74, 6) is 0. The fourth-order valence-electron chi connectivity index (χ4n) is 7.80. The van der Waals surface area contributed by atoms with Gasteiger partial charge in [0.1, 0.15) is 0 Å². The second-order valence-electron chi connectivity index (χ2n) is 13.9. The molecule has 0 nitrogen and oxygen atoms in total. The lowest BCUT2D eigenvalue weighted by molar-refractivity contribution is 1.18. The monoisotopic (exact) mass is 576 g/mol. The largest absolute Gasteiger partial charge is 0.0512 e. The van der Waals surface area contributed by atoms with Gasteiger partial charge in [0, 0.05) is 0 Å². The van der Waals surface area contributed by atoms with E-state index in [9.17, 15) is 0 Å². The lowest BCUT2D eigenvalue weighted by atomic mass is 9.77. The molecule has 0 aliphatic carbocycles. The van der Waals surface area contributed by atoms with Crippen molar-refractivity contribution in [1.82, 2.24) is 0 Å². The van der Waals surface area contributed by atoms with Crippen LogP contribution < -0.4 is 0 Å². The highest BCUT2D eigenvalue weighted by molar-refractivity contribution is 6.25. The number of rotatable bonds is 2. The van der Waals surface area contributed by atoms with Gasteiger partial charge in [-0.25, -0.2) is 0 Å². The molecule has 6 aromatic carbocycles. The van der Waals surface area contributed by atoms with Crippen LogP contribution in [0.25, 0.3) is 54.6 Å². The quantitative estimate of drug-likeness (QED) is 0.180. The lowest BCUT2D eigenvalue weighted by Gasteiger charge is -2.26. The zero-order valence-electron chi connectivity index (χ0n) is 29.5. The highest BCUT2D eigenvalue weighted by atomic mass is 14.3. The van der Waals surface area contributed by atoms with Crippen molar-refractivity contribution in [2.75, 3.05) is 0 Å². The third-order valence-electron chi connectivity index (χ3n) is 11.8. The highest BCUT2D eigenvalue weighted by Crippen LogP contribution is 2.50. The van der Waals surface area contributed by atoms with Gasteiger partial charge in [-0.3, -0.25) is 0 Å². The molecule has 0 spiro atoms. The molecule has 0 fully saturated rings. The molecule has 0 aliphatic rings. The minimum atomic E-state index is 1.32. The summed E-state index contributed by atoms with van der Waals surface area (Å²) in [6, 6.07) is 14.8. The lowest BCUT2D eigenvalue weighted by Crippen LogP contribution is -2.04. The van der Waals surface area contributed by atoms with Crippen molar-refractivity contribution in [2.24, 2.45) is 0 Å². The summed E-state index contributed by atoms with van der Waals surface area (Å²) in [7, 11) is 0. The van der Waals surface area contributed by atoms with Gasteiger partial charge >= 0.3 is 0 Å². The highest BCUT2D eigenvalue weighted by Gasteiger charge is 2.25. The van der Waals surface area contributed by atoms with Crippen LogP contribution in [-0.2, 0) is 0 Å². The molecule has 0 unspecified atom stereocenters. The Morgan fingerprint density at radius 3 is 0.750 bits per heavy atom. The van der Waals surface area contributed by atoms with Gasteiger partial charge in [0.25, 0.3) is 0 Å². The molecule has 0 bridgehead atoms. The van der Waals surface area contributed by atoms with E-state index in [0.29, 0.717) is 0 Å². The number of hydrogen-bond donors (Lipinski definition) is 0. The van der Waals surface area contributed by atoms with Crippen molar-refractivity contribution in [2.45, 2.75) is 96.9 Å². The van der Waals surface area contributed by atoms with Crippen LogP contribution in [0.1, 0.15) is 77.9 Å². The average molecular weight is 577 g/mol. The molecule has 0 amide bonds. The summed E-state index contributed by atoms with van der Waals surface area (Å²) >= 11 is 0. The van der Waals surface area contributed by atoms with E-state index in [0.717, 1.165) is 0 Å². The maximum atomic E-state index is 2.51. The number of hydrogen-bond acceptors (Lipinski definition) is 0. The molecule has 0 aromatic heterocycles. The molecule has 0 atom stereocenters. The summed E-state index contributed by atoms with van der Waals surface area (Å²) in [5.41, 5.74) is 25.0. The van der Waals surface area contributed by atoms with E-state index in [1.165, 1.54) is 132 Å². The molecule has 6 rings (SSSR count). The zero-order valence-corrected chi connectivity index (χ0v) is 29.5. The normalized spacial score (nSPS) is 11.9. The minimum Gasteiger partial charge on any atom is -0.0512 e. The van der Waals surface area contributed by atoms with Crippen LogP contribution in [0.15, 0.2) is 36.4 Å². The maximum Gasteiger partial charge on any atom is -0.00205 e. The van der Waals surface area contributed by atoms with E-state index in [1.54, 1.807) is 0 Å². The Bertz CT molecular complexity index is 2020. The second kappa shape index (κ2) is 10.3. The van der Waals surface area contributed by atoms with Gasteiger partial charge in [-0.2, -0.15) is 0 Å². The summed E-state index contributed by atoms with van der Waals surface area (Å²) in [6.45, 7) is 32.2. The van der Waals surface area contributed by atoms with Gasteiger partial charge in [-0.15, -0.1) is 0 Å². The molecule has 44 heavy (non-hydrogen) atoms. The Hall–Kier alpha value is -3.90. The molecule has 0 aliphatic heterocycles. The van der Waals surface area contributed by atoms with Crippen LogP contribution in [0.4, 0.5) is 0 Å². The first-order chi connectivity index (χ1) is 20.6. The van der Waals surface area contributed by atoms with Gasteiger partial charge in [-0.1, -0.05) is 24.3 Å². The maximum absolute atomic E-state index is 2.51. The molecule has 0 radical (unpaired) electrons. The van der Waals surface area contributed by atoms with Crippen LogP contribution in [0.3, 0.4) is 0 Å². The first-order valence-electron chi connectivity index (χ1n) is 16.2. The van der Waals surface area contributed by atoms with E-state index in [1.807, 2.05) is 0 Å². The summed E-state index contributed by atoms with van der Waals surface area (Å²) in [4.78, 5) is 0. The predicted molar refractivity (Wildman–Crippen MR) is 196 cm³/mol. The van der Waals surface area contributed by atoms with E-state index >= 15 is 0 Å². The van der Waals surface area contributed by atoms with Crippen molar-refractivity contribution in [3.05, 3.63) is 114 Å². The molecule has 224 valence electrons. The fraction of sp³-hybridized carbons (Fsp3) is 0.318. The van der Waals surface area contributed by atoms with Crippen molar-refractivity contribution in [3.8, 4) is 22.3 Å². The van der Waals surface area contributed by atoms with Gasteiger partial charge in [0.15, 0.2) is 0 Å². The smallest absolute Gasteiger partial charge is 0.00205 e. The fourth-order valence-corrected chi connectivity index (χ4v) is 7.80. The van der Waals surface area contributed by atoms with Crippen molar-refractivity contribution in [1.29, 1.82) is 0 Å². The number of aryl methyl sites for hydroxylation is 4. The molecular formula is C44H48. The van der Waals surface area contributed by atoms with Crippen LogP contribution in [0, 0.1) is 96.9 Å². The minimum absolute atomic E-state index is 1.32. The molecule has 0 N–H and O–H groups in total. The van der Waals surface area contributed by atoms with Crippen LogP contribution >= 0.6 is 0 Å². The Kier molecular flexibility index (Phi) is 7.08. The van der Waals surface area contributed by atoms with E-state index < -0.39 is 0 Å². The molecular weight excluding hydrogens is 528 g/mol. The number of fused-ring (bicyclic) bond motifs is 3. The molecule has 0 heteroatoms. The van der Waals surface area contributed by atoms with Crippen molar-refractivity contribution >= 4 is 32.3 Å². The molecule has 0 heterocycles. The van der Waals surface area contributed by atoms with Gasteiger partial charge in [0.05, 0.1) is 0 Å². The standard InChI is InChI=1S/C44H48/c1-21-15-35-19-39-40(20-36(35)16-22(21)2)44(42-33(13)29(9)26(6)30(10)34(42)14)38-18-24(4)23(3)17-37(38)43(39)41-31(11)27(7)25(5)28(8)32(41)12/h15-20H,1-14H3. The van der Waals surface area contributed by atoms with E-state index in [2.05, 4.69) is 133 Å². The SMILES string of the molecule is Cc1cc2cc3c(-c4c(C)c(C)c(C)c(C)c4C)c4cc(C)c(C)cc4c(-c4c(C)c(C)c(C)c(C)c4C)c3cc2cc1C. The zero-order chi connectivity index (χ0) is 32.1. The van der Waals surface area contributed by atoms with Crippen LogP contribution in [0.5, 0.6) is 0 Å².